The molecule has 116 valence electrons. The summed E-state index contributed by atoms with van der Waals surface area (Å²) in [5, 5.41) is 9.33. The summed E-state index contributed by atoms with van der Waals surface area (Å²) in [4.78, 5) is 0.367. The van der Waals surface area contributed by atoms with Gasteiger partial charge in [-0.25, -0.2) is 13.1 Å². The van der Waals surface area contributed by atoms with Crippen LogP contribution in [-0.4, -0.2) is 26.2 Å². The third kappa shape index (κ3) is 3.15. The molecule has 3 rings (SSSR count). The second-order valence-electron chi connectivity index (χ2n) is 6.24. The van der Waals surface area contributed by atoms with Gasteiger partial charge < -0.3 is 5.11 Å². The van der Waals surface area contributed by atoms with Crippen molar-refractivity contribution in [2.45, 2.75) is 55.9 Å². The average Bonchev–Trinajstić information content (AvgIpc) is 2.93. The van der Waals surface area contributed by atoms with Crippen molar-refractivity contribution in [2.75, 3.05) is 6.61 Å². The van der Waals surface area contributed by atoms with Gasteiger partial charge in [0.25, 0.3) is 0 Å². The Kier molecular flexibility index (Phi) is 4.33. The molecule has 0 amide bonds. The molecule has 5 heteroatoms. The van der Waals surface area contributed by atoms with Crippen LogP contribution in [0.3, 0.4) is 0 Å². The van der Waals surface area contributed by atoms with Gasteiger partial charge in [0.15, 0.2) is 0 Å². The predicted octanol–water partition coefficient (Wildman–Crippen LogP) is 2.00. The monoisotopic (exact) mass is 309 g/mol. The van der Waals surface area contributed by atoms with E-state index in [4.69, 9.17) is 0 Å². The maximum atomic E-state index is 12.5. The highest BCUT2D eigenvalue weighted by Crippen LogP contribution is 2.28. The molecule has 0 spiro atoms. The highest BCUT2D eigenvalue weighted by molar-refractivity contribution is 7.89. The number of benzene rings is 1. The molecule has 0 heterocycles. The van der Waals surface area contributed by atoms with E-state index in [1.165, 1.54) is 17.5 Å². The van der Waals surface area contributed by atoms with Gasteiger partial charge in [-0.3, -0.25) is 0 Å². The number of nitrogens with one attached hydrogen (secondary N) is 1. The second-order valence-corrected chi connectivity index (χ2v) is 7.95. The molecule has 2 atom stereocenters. The Morgan fingerprint density at radius 2 is 1.86 bits per heavy atom. The van der Waals surface area contributed by atoms with Crippen LogP contribution in [0, 0.1) is 5.92 Å². The van der Waals surface area contributed by atoms with Gasteiger partial charge in [0.2, 0.25) is 10.0 Å². The molecule has 4 nitrogen and oxygen atoms in total. The lowest BCUT2D eigenvalue weighted by atomic mass is 9.92. The molecule has 0 saturated heterocycles. The van der Waals surface area contributed by atoms with Crippen LogP contribution < -0.4 is 4.72 Å². The van der Waals surface area contributed by atoms with Gasteiger partial charge in [-0.15, -0.1) is 0 Å². The molecule has 2 N–H and O–H groups in total. The minimum absolute atomic E-state index is 0.0530. The molecule has 0 aliphatic heterocycles. The van der Waals surface area contributed by atoms with Crippen molar-refractivity contribution in [2.24, 2.45) is 5.92 Å². The molecule has 21 heavy (non-hydrogen) atoms. The molecule has 1 aromatic rings. The van der Waals surface area contributed by atoms with E-state index in [9.17, 15) is 13.5 Å². The molecule has 1 aromatic carbocycles. The van der Waals surface area contributed by atoms with Crippen LogP contribution in [0.1, 0.15) is 43.2 Å². The number of hydrogen-bond donors (Lipinski definition) is 2. The lowest BCUT2D eigenvalue weighted by Crippen LogP contribution is -2.38. The molecular weight excluding hydrogens is 286 g/mol. The Morgan fingerprint density at radius 1 is 1.10 bits per heavy atom. The molecule has 1 fully saturated rings. The van der Waals surface area contributed by atoms with Crippen molar-refractivity contribution < 1.29 is 13.5 Å². The van der Waals surface area contributed by atoms with Gasteiger partial charge in [-0.05, 0) is 67.7 Å². The quantitative estimate of drug-likeness (QED) is 0.894. The van der Waals surface area contributed by atoms with Gasteiger partial charge in [0, 0.05) is 12.6 Å². The summed E-state index contributed by atoms with van der Waals surface area (Å²) in [5.74, 6) is 0.0532. The zero-order valence-corrected chi connectivity index (χ0v) is 13.0. The fraction of sp³-hybridized carbons (Fsp3) is 0.625. The maximum Gasteiger partial charge on any atom is 0.240 e. The number of aryl methyl sites for hydroxylation is 2. The summed E-state index contributed by atoms with van der Waals surface area (Å²) in [7, 11) is -3.48. The Labute approximate surface area is 126 Å². The van der Waals surface area contributed by atoms with E-state index in [1.54, 1.807) is 6.07 Å². The molecular formula is C16H23NO3S. The van der Waals surface area contributed by atoms with Crippen LogP contribution in [0.25, 0.3) is 0 Å². The second kappa shape index (κ2) is 6.07. The summed E-state index contributed by atoms with van der Waals surface area (Å²) < 4.78 is 27.9. The standard InChI is InChI=1S/C16H23NO3S/c18-11-14-6-3-7-16(14)17-21(19,20)15-9-8-12-4-1-2-5-13(12)10-15/h8-10,14,16-18H,1-7,11H2. The predicted molar refractivity (Wildman–Crippen MR) is 81.6 cm³/mol. The number of aliphatic hydroxyl groups excluding tert-OH is 1. The fourth-order valence-electron chi connectivity index (χ4n) is 3.55. The van der Waals surface area contributed by atoms with Gasteiger partial charge in [0.05, 0.1) is 4.90 Å². The SMILES string of the molecule is O=S(=O)(NC1CCCC1CO)c1ccc2c(c1)CCCC2. The summed E-state index contributed by atoms with van der Waals surface area (Å²) in [6.45, 7) is 0.0530. The van der Waals surface area contributed by atoms with Crippen molar-refractivity contribution in [1.29, 1.82) is 0 Å². The maximum absolute atomic E-state index is 12.5. The van der Waals surface area contributed by atoms with E-state index in [-0.39, 0.29) is 18.6 Å². The minimum atomic E-state index is -3.48. The van der Waals surface area contributed by atoms with Crippen molar-refractivity contribution >= 4 is 10.0 Å². The Hall–Kier alpha value is -0.910. The fourth-order valence-corrected chi connectivity index (χ4v) is 4.94. The van der Waals surface area contributed by atoms with Crippen LogP contribution in [0.5, 0.6) is 0 Å². The lowest BCUT2D eigenvalue weighted by molar-refractivity contribution is 0.213. The largest absolute Gasteiger partial charge is 0.396 e. The topological polar surface area (TPSA) is 66.4 Å². The summed E-state index contributed by atoms with van der Waals surface area (Å²) in [6, 6.07) is 5.38. The smallest absolute Gasteiger partial charge is 0.240 e. The van der Waals surface area contributed by atoms with E-state index >= 15 is 0 Å². The third-order valence-electron chi connectivity index (χ3n) is 4.83. The van der Waals surface area contributed by atoms with E-state index in [0.29, 0.717) is 4.90 Å². The molecule has 2 unspecified atom stereocenters. The summed E-state index contributed by atoms with van der Waals surface area (Å²) in [5.41, 5.74) is 2.46. The first-order valence-corrected chi connectivity index (χ1v) is 9.33. The number of sulfonamides is 1. The number of rotatable bonds is 4. The van der Waals surface area contributed by atoms with Crippen molar-refractivity contribution in [3.63, 3.8) is 0 Å². The summed E-state index contributed by atoms with van der Waals surface area (Å²) >= 11 is 0. The van der Waals surface area contributed by atoms with Crippen LogP contribution >= 0.6 is 0 Å². The first kappa shape index (κ1) is 15.0. The van der Waals surface area contributed by atoms with Crippen LogP contribution in [-0.2, 0) is 22.9 Å². The number of aliphatic hydroxyl groups is 1. The molecule has 2 aliphatic rings. The van der Waals surface area contributed by atoms with Crippen LogP contribution in [0.4, 0.5) is 0 Å². The van der Waals surface area contributed by atoms with Crippen LogP contribution in [0.15, 0.2) is 23.1 Å². The van der Waals surface area contributed by atoms with E-state index in [2.05, 4.69) is 4.72 Å². The first-order chi connectivity index (χ1) is 10.1. The number of hydrogen-bond acceptors (Lipinski definition) is 3. The molecule has 1 saturated carbocycles. The van der Waals surface area contributed by atoms with E-state index in [0.717, 1.165) is 38.5 Å². The highest BCUT2D eigenvalue weighted by atomic mass is 32.2. The molecule has 0 aromatic heterocycles. The summed E-state index contributed by atoms with van der Waals surface area (Å²) in [6.07, 6.45) is 7.04. The average molecular weight is 309 g/mol. The Bertz CT molecular complexity index is 612. The number of fused-ring (bicyclic) bond motifs is 1. The normalized spacial score (nSPS) is 25.8. The minimum Gasteiger partial charge on any atom is -0.396 e. The van der Waals surface area contributed by atoms with Gasteiger partial charge >= 0.3 is 0 Å². The first-order valence-electron chi connectivity index (χ1n) is 7.85. The highest BCUT2D eigenvalue weighted by Gasteiger charge is 2.31. The Balaban J connectivity index is 1.81. The van der Waals surface area contributed by atoms with Crippen molar-refractivity contribution in [1.82, 2.24) is 4.72 Å². The molecule has 0 bridgehead atoms. The van der Waals surface area contributed by atoms with Crippen molar-refractivity contribution in [3.05, 3.63) is 29.3 Å². The van der Waals surface area contributed by atoms with Crippen molar-refractivity contribution in [3.8, 4) is 0 Å². The Morgan fingerprint density at radius 3 is 2.62 bits per heavy atom. The third-order valence-corrected chi connectivity index (χ3v) is 6.32. The molecule has 0 radical (unpaired) electrons. The van der Waals surface area contributed by atoms with Gasteiger partial charge in [-0.2, -0.15) is 0 Å². The zero-order valence-electron chi connectivity index (χ0n) is 12.2. The van der Waals surface area contributed by atoms with Gasteiger partial charge in [-0.1, -0.05) is 12.5 Å². The van der Waals surface area contributed by atoms with E-state index < -0.39 is 10.0 Å². The lowest BCUT2D eigenvalue weighted by Gasteiger charge is -2.20. The van der Waals surface area contributed by atoms with Crippen LogP contribution in [0.2, 0.25) is 0 Å². The zero-order chi connectivity index (χ0) is 14.9. The van der Waals surface area contributed by atoms with Gasteiger partial charge in [0.1, 0.15) is 0 Å². The van der Waals surface area contributed by atoms with E-state index in [1.807, 2.05) is 12.1 Å². The molecule has 2 aliphatic carbocycles.